The van der Waals surface area contributed by atoms with Crippen molar-refractivity contribution in [3.05, 3.63) is 265 Å². The van der Waals surface area contributed by atoms with Crippen molar-refractivity contribution >= 4 is 83.8 Å². The van der Waals surface area contributed by atoms with Crippen LogP contribution in [0.4, 0.5) is 17.1 Å². The van der Waals surface area contributed by atoms with Gasteiger partial charge in [-0.25, -0.2) is 0 Å². The molecule has 3 aliphatic rings. The number of thiophene rings is 3. The molecule has 82 heavy (non-hydrogen) atoms. The van der Waals surface area contributed by atoms with Gasteiger partial charge in [0.05, 0.1) is 17.8 Å². The maximum absolute atomic E-state index is 7.24. The van der Waals surface area contributed by atoms with Crippen molar-refractivity contribution in [2.45, 2.75) is 92.3 Å². The summed E-state index contributed by atoms with van der Waals surface area (Å²) in [6.07, 6.45) is 15.9. The van der Waals surface area contributed by atoms with Crippen molar-refractivity contribution in [2.24, 2.45) is 0 Å². The molecule has 10 heteroatoms. The number of rotatable bonds is 15. The largest absolute Gasteiger partial charge is 0.369 e. The normalized spacial score (nSPS) is 21.7. The Hall–Kier alpha value is -7.28. The van der Waals surface area contributed by atoms with Crippen LogP contribution in [0.15, 0.2) is 217 Å². The van der Waals surface area contributed by atoms with Crippen LogP contribution < -0.4 is 4.90 Å². The van der Waals surface area contributed by atoms with Crippen LogP contribution >= 0.6 is 34.0 Å². The Kier molecular flexibility index (Phi) is 13.7. The molecular weight excluding hydrogens is 1070 g/mol. The van der Waals surface area contributed by atoms with Crippen LogP contribution in [-0.4, -0.2) is 34.8 Å². The standard InChI is InChI=1S/C72H66N4O3S3/c1-4-19-61-55(16-1)58(46-73-61)70(37-7-10-40-77-70)67(64-22-13-43-80-64)49-25-31-52(32-26-49)76(53-33-27-50(28-34-53)68(65-23-14-44-81-65)71(38-8-11-41-78-71)59-47-74-62-20-5-2-17-56(59)62)54-35-29-51(30-36-54)69(66-24-15-45-82-66)72(39-9-12-42-79-72)60-48-75-63-21-6-3-18-57(60)63/h1-6,13-36,43-48,67-69,73-75H,7-12,37-42H2. The number of H-pyrrole nitrogens is 3. The lowest BCUT2D eigenvalue weighted by molar-refractivity contribution is -0.0936. The highest BCUT2D eigenvalue weighted by Crippen LogP contribution is 2.56. The van der Waals surface area contributed by atoms with E-state index in [4.69, 9.17) is 14.2 Å². The number of benzene rings is 6. The molecule has 12 aromatic rings. The average Bonchev–Trinajstić information content (AvgIpc) is 3.75. The number of aromatic amines is 3. The van der Waals surface area contributed by atoms with E-state index in [1.165, 1.54) is 64.2 Å². The van der Waals surface area contributed by atoms with E-state index in [1.54, 1.807) is 0 Å². The molecule has 6 atom stereocenters. The third-order valence-electron chi connectivity index (χ3n) is 18.4. The fourth-order valence-electron chi connectivity index (χ4n) is 14.8. The van der Waals surface area contributed by atoms with Crippen LogP contribution in [0.2, 0.25) is 0 Å². The SMILES string of the molecule is c1csc(C(c2ccc(N(c3ccc(C(c4cccs4)C4(c5c[nH]c6ccccc56)CCCCO4)cc3)c3ccc(C(c4cccs4)C4(c5c[nH]c6ccccc56)CCCCO4)cc3)cc2)C2(c3c[nH]c4ccccc34)CCCCO2)c1. The van der Waals surface area contributed by atoms with E-state index in [0.29, 0.717) is 0 Å². The summed E-state index contributed by atoms with van der Waals surface area (Å²) in [4.78, 5) is 17.3. The lowest BCUT2D eigenvalue weighted by Crippen LogP contribution is -2.40. The van der Waals surface area contributed by atoms with Gasteiger partial charge >= 0.3 is 0 Å². The van der Waals surface area contributed by atoms with Gasteiger partial charge in [-0.1, -0.05) is 109 Å². The number of ether oxygens (including phenoxy) is 3. The Morgan fingerprint density at radius 2 is 0.646 bits per heavy atom. The van der Waals surface area contributed by atoms with E-state index in [0.717, 1.165) is 111 Å². The Balaban J connectivity index is 0.864. The molecule has 0 bridgehead atoms. The highest BCUT2D eigenvalue weighted by atomic mass is 32.1. The molecule has 0 amide bonds. The minimum atomic E-state index is -0.550. The zero-order valence-electron chi connectivity index (χ0n) is 45.9. The summed E-state index contributed by atoms with van der Waals surface area (Å²) in [5.41, 5.74) is 12.5. The number of fused-ring (bicyclic) bond motifs is 3. The second-order valence-electron chi connectivity index (χ2n) is 22.8. The smallest absolute Gasteiger partial charge is 0.107 e. The number of nitrogens with zero attached hydrogens (tertiary/aromatic N) is 1. The third-order valence-corrected chi connectivity index (χ3v) is 21.2. The van der Waals surface area contributed by atoms with Gasteiger partial charge in [0.2, 0.25) is 0 Å². The maximum Gasteiger partial charge on any atom is 0.107 e. The second kappa shape index (κ2) is 21.8. The molecule has 0 radical (unpaired) electrons. The summed E-state index contributed by atoms with van der Waals surface area (Å²) in [6.45, 7) is 2.18. The third kappa shape index (κ3) is 8.84. The van der Waals surface area contributed by atoms with Crippen molar-refractivity contribution in [1.29, 1.82) is 0 Å². The molecule has 410 valence electrons. The Bertz CT molecular complexity index is 3640. The van der Waals surface area contributed by atoms with Gasteiger partial charge in [-0.15, -0.1) is 34.0 Å². The predicted octanol–water partition coefficient (Wildman–Crippen LogP) is 19.5. The highest BCUT2D eigenvalue weighted by molar-refractivity contribution is 7.10. The molecule has 6 unspecified atom stereocenters. The van der Waals surface area contributed by atoms with Crippen LogP contribution in [0.5, 0.6) is 0 Å². The van der Waals surface area contributed by atoms with Gasteiger partial charge in [-0.05, 0) is 163 Å². The molecule has 3 fully saturated rings. The Morgan fingerprint density at radius 1 is 0.341 bits per heavy atom. The molecule has 0 aliphatic carbocycles. The molecule has 0 saturated carbocycles. The molecule has 15 rings (SSSR count). The number of aromatic nitrogens is 3. The Labute approximate surface area is 491 Å². The number of hydrogen-bond donors (Lipinski definition) is 3. The predicted molar refractivity (Wildman–Crippen MR) is 339 cm³/mol. The van der Waals surface area contributed by atoms with E-state index in [1.807, 2.05) is 34.0 Å². The van der Waals surface area contributed by atoms with Crippen molar-refractivity contribution in [3.63, 3.8) is 0 Å². The summed E-state index contributed by atoms with van der Waals surface area (Å²) in [5, 5.41) is 10.3. The van der Waals surface area contributed by atoms with Crippen LogP contribution in [-0.2, 0) is 31.0 Å². The quantitative estimate of drug-likeness (QED) is 0.0956. The lowest BCUT2D eigenvalue weighted by atomic mass is 9.72. The first kappa shape index (κ1) is 51.6. The van der Waals surface area contributed by atoms with E-state index in [9.17, 15) is 0 Å². The summed E-state index contributed by atoms with van der Waals surface area (Å²) in [6, 6.07) is 67.9. The first-order chi connectivity index (χ1) is 40.6. The summed E-state index contributed by atoms with van der Waals surface area (Å²) < 4.78 is 21.7. The lowest BCUT2D eigenvalue weighted by Gasteiger charge is -2.44. The van der Waals surface area contributed by atoms with Gasteiger partial charge in [0.15, 0.2) is 0 Å². The van der Waals surface area contributed by atoms with Crippen LogP contribution in [0.1, 0.15) is 124 Å². The molecule has 6 aromatic heterocycles. The number of hydrogen-bond acceptors (Lipinski definition) is 7. The van der Waals surface area contributed by atoms with Crippen molar-refractivity contribution < 1.29 is 14.2 Å². The van der Waals surface area contributed by atoms with Gasteiger partial charge in [0.25, 0.3) is 0 Å². The maximum atomic E-state index is 7.24. The van der Waals surface area contributed by atoms with E-state index in [-0.39, 0.29) is 17.8 Å². The van der Waals surface area contributed by atoms with Crippen LogP contribution in [0.25, 0.3) is 32.7 Å². The van der Waals surface area contributed by atoms with Gasteiger partial charge < -0.3 is 34.1 Å². The molecule has 3 N–H and O–H groups in total. The molecule has 9 heterocycles. The van der Waals surface area contributed by atoms with Gasteiger partial charge in [0.1, 0.15) is 16.8 Å². The summed E-state index contributed by atoms with van der Waals surface area (Å²) in [7, 11) is 0. The summed E-state index contributed by atoms with van der Waals surface area (Å²) in [5.74, 6) is -0.0572. The van der Waals surface area contributed by atoms with Crippen LogP contribution in [0, 0.1) is 0 Å². The zero-order chi connectivity index (χ0) is 54.5. The van der Waals surface area contributed by atoms with Crippen molar-refractivity contribution in [1.82, 2.24) is 15.0 Å². The fourth-order valence-corrected chi connectivity index (χ4v) is 17.6. The number of para-hydroxylation sites is 3. The molecule has 7 nitrogen and oxygen atoms in total. The van der Waals surface area contributed by atoms with E-state index in [2.05, 4.69) is 237 Å². The Morgan fingerprint density at radius 3 is 0.915 bits per heavy atom. The van der Waals surface area contributed by atoms with Gasteiger partial charge in [0, 0.05) is 120 Å². The molecule has 3 saturated heterocycles. The van der Waals surface area contributed by atoms with Crippen molar-refractivity contribution in [2.75, 3.05) is 24.7 Å². The molecule has 6 aromatic carbocycles. The van der Waals surface area contributed by atoms with E-state index >= 15 is 0 Å². The topological polar surface area (TPSA) is 78.3 Å². The minimum Gasteiger partial charge on any atom is -0.369 e. The highest BCUT2D eigenvalue weighted by Gasteiger charge is 2.49. The van der Waals surface area contributed by atoms with Gasteiger partial charge in [-0.2, -0.15) is 0 Å². The van der Waals surface area contributed by atoms with Crippen LogP contribution in [0.3, 0.4) is 0 Å². The van der Waals surface area contributed by atoms with Crippen molar-refractivity contribution in [3.8, 4) is 0 Å². The minimum absolute atomic E-state index is 0.0191. The van der Waals surface area contributed by atoms with Gasteiger partial charge in [-0.3, -0.25) is 0 Å². The fraction of sp³-hybridized carbons (Fsp3) is 0.250. The molecule has 3 aliphatic heterocycles. The zero-order valence-corrected chi connectivity index (χ0v) is 48.3. The summed E-state index contributed by atoms with van der Waals surface area (Å²) >= 11 is 5.48. The number of nitrogens with one attached hydrogen (secondary N) is 3. The first-order valence-electron chi connectivity index (χ1n) is 29.4. The average molecular weight is 1130 g/mol. The monoisotopic (exact) mass is 1130 g/mol. The molecular formula is C72H66N4O3S3. The molecule has 0 spiro atoms. The number of anilines is 3. The first-order valence-corrected chi connectivity index (χ1v) is 32.1. The van der Waals surface area contributed by atoms with E-state index < -0.39 is 16.8 Å². The second-order valence-corrected chi connectivity index (χ2v) is 25.7.